The number of aromatic nitrogens is 3. The molecule has 0 saturated heterocycles. The molecule has 0 radical (unpaired) electrons. The van der Waals surface area contributed by atoms with Gasteiger partial charge in [0.15, 0.2) is 0 Å². The summed E-state index contributed by atoms with van der Waals surface area (Å²) in [5.41, 5.74) is 3.36. The first-order chi connectivity index (χ1) is 17.6. The number of hydrogen-bond acceptors (Lipinski definition) is 7. The number of hydrogen-bond donors (Lipinski definition) is 1. The van der Waals surface area contributed by atoms with Crippen molar-refractivity contribution in [1.82, 2.24) is 14.8 Å². The highest BCUT2D eigenvalue weighted by Gasteiger charge is 2.35. The van der Waals surface area contributed by atoms with E-state index in [2.05, 4.69) is 31.3 Å². The quantitative estimate of drug-likeness (QED) is 0.173. The van der Waals surface area contributed by atoms with Gasteiger partial charge in [0.25, 0.3) is 0 Å². The van der Waals surface area contributed by atoms with E-state index in [0.29, 0.717) is 29.9 Å². The van der Waals surface area contributed by atoms with Gasteiger partial charge in [-0.15, -0.1) is 5.10 Å². The molecule has 7 nitrogen and oxygen atoms in total. The van der Waals surface area contributed by atoms with Crippen LogP contribution in [0.2, 0.25) is 0 Å². The van der Waals surface area contributed by atoms with Crippen molar-refractivity contribution in [2.24, 2.45) is 0 Å². The number of thioether (sulfide) groups is 1. The highest BCUT2D eigenvalue weighted by Crippen LogP contribution is 2.38. The fraction of sp³-hybridized carbons (Fsp3) is 0.393. The number of benzene rings is 2. The van der Waals surface area contributed by atoms with Crippen LogP contribution in [0.1, 0.15) is 63.6 Å². The van der Waals surface area contributed by atoms with Crippen LogP contribution in [0.5, 0.6) is 5.75 Å². The van der Waals surface area contributed by atoms with E-state index in [0.717, 1.165) is 48.4 Å². The number of carbonyl (C=O) groups excluding carboxylic acids is 1. The Morgan fingerprint density at radius 3 is 2.61 bits per heavy atom. The number of anilines is 1. The Morgan fingerprint density at radius 2 is 1.83 bits per heavy atom. The number of allylic oxidation sites excluding steroid dienone is 1. The van der Waals surface area contributed by atoms with E-state index < -0.39 is 6.04 Å². The molecule has 0 amide bonds. The second kappa shape index (κ2) is 12.6. The average Bonchev–Trinajstić information content (AvgIpc) is 3.30. The average molecular weight is 507 g/mol. The molecule has 3 aromatic rings. The Kier molecular flexibility index (Phi) is 9.06. The van der Waals surface area contributed by atoms with Gasteiger partial charge >= 0.3 is 5.97 Å². The highest BCUT2D eigenvalue weighted by molar-refractivity contribution is 7.98. The third-order valence-corrected chi connectivity index (χ3v) is 6.84. The van der Waals surface area contributed by atoms with E-state index in [1.807, 2.05) is 49.4 Å². The molecular weight excluding hydrogens is 472 g/mol. The van der Waals surface area contributed by atoms with Crippen molar-refractivity contribution in [3.05, 3.63) is 77.0 Å². The SMILES string of the molecule is CCCCOC(=O)C1=C(C)Nc2nc(SCc3ccccc3)nn2C1c1cccc(OCCCC)c1. The molecular formula is C28H34N4O3S. The fourth-order valence-corrected chi connectivity index (χ4v) is 4.77. The van der Waals surface area contributed by atoms with E-state index in [4.69, 9.17) is 19.6 Å². The van der Waals surface area contributed by atoms with Gasteiger partial charge in [-0.25, -0.2) is 9.48 Å². The van der Waals surface area contributed by atoms with Crippen molar-refractivity contribution in [1.29, 1.82) is 0 Å². The van der Waals surface area contributed by atoms with Gasteiger partial charge in [0, 0.05) is 11.4 Å². The standard InChI is InChI=1S/C28H34N4O3S/c1-4-6-16-34-23-15-11-14-22(18-23)25-24(26(33)35-17-7-5-2)20(3)29-27-30-28(31-32(25)27)36-19-21-12-9-8-10-13-21/h8-15,18,25H,4-7,16-17,19H2,1-3H3,(H,29,30,31). The second-order valence-corrected chi connectivity index (χ2v) is 9.71. The van der Waals surface area contributed by atoms with E-state index in [9.17, 15) is 4.79 Å². The Labute approximate surface area is 217 Å². The summed E-state index contributed by atoms with van der Waals surface area (Å²) in [5.74, 6) is 1.80. The van der Waals surface area contributed by atoms with Crippen molar-refractivity contribution in [2.45, 2.75) is 63.4 Å². The lowest BCUT2D eigenvalue weighted by Crippen LogP contribution is -2.29. The molecule has 36 heavy (non-hydrogen) atoms. The molecule has 2 aromatic carbocycles. The van der Waals surface area contributed by atoms with Crippen molar-refractivity contribution in [2.75, 3.05) is 18.5 Å². The molecule has 4 rings (SSSR count). The molecule has 0 saturated carbocycles. The summed E-state index contributed by atoms with van der Waals surface area (Å²) in [4.78, 5) is 18.0. The minimum atomic E-state index is -0.469. The number of fused-ring (bicyclic) bond motifs is 1. The molecule has 1 N–H and O–H groups in total. The zero-order chi connectivity index (χ0) is 25.3. The van der Waals surface area contributed by atoms with Gasteiger partial charge in [0.05, 0.1) is 18.8 Å². The van der Waals surface area contributed by atoms with Crippen molar-refractivity contribution in [3.8, 4) is 5.75 Å². The maximum absolute atomic E-state index is 13.3. The van der Waals surface area contributed by atoms with E-state index >= 15 is 0 Å². The predicted octanol–water partition coefficient (Wildman–Crippen LogP) is 6.38. The highest BCUT2D eigenvalue weighted by atomic mass is 32.2. The summed E-state index contributed by atoms with van der Waals surface area (Å²) in [6.07, 6.45) is 3.83. The summed E-state index contributed by atoms with van der Waals surface area (Å²) in [6, 6.07) is 17.6. The van der Waals surface area contributed by atoms with Crippen molar-refractivity contribution in [3.63, 3.8) is 0 Å². The van der Waals surface area contributed by atoms with Crippen LogP contribution in [0, 0.1) is 0 Å². The van der Waals surface area contributed by atoms with E-state index in [1.165, 1.54) is 5.56 Å². The molecule has 0 spiro atoms. The van der Waals surface area contributed by atoms with E-state index in [-0.39, 0.29) is 5.97 Å². The van der Waals surface area contributed by atoms with Crippen LogP contribution in [-0.4, -0.2) is 33.9 Å². The van der Waals surface area contributed by atoms with Gasteiger partial charge in [0.2, 0.25) is 11.1 Å². The van der Waals surface area contributed by atoms with Gasteiger partial charge in [-0.05, 0) is 43.0 Å². The lowest BCUT2D eigenvalue weighted by Gasteiger charge is -2.28. The summed E-state index contributed by atoms with van der Waals surface area (Å²) >= 11 is 1.57. The van der Waals surface area contributed by atoms with Gasteiger partial charge in [-0.1, -0.05) is 80.9 Å². The largest absolute Gasteiger partial charge is 0.494 e. The number of carbonyl (C=O) groups is 1. The molecule has 8 heteroatoms. The summed E-state index contributed by atoms with van der Waals surface area (Å²) in [6.45, 7) is 7.14. The first-order valence-electron chi connectivity index (χ1n) is 12.6. The monoisotopic (exact) mass is 506 g/mol. The number of nitrogens with one attached hydrogen (secondary N) is 1. The molecule has 1 unspecified atom stereocenters. The summed E-state index contributed by atoms with van der Waals surface area (Å²) in [7, 11) is 0. The molecule has 1 aromatic heterocycles. The Balaban J connectivity index is 1.66. The summed E-state index contributed by atoms with van der Waals surface area (Å²) < 4.78 is 13.4. The van der Waals surface area contributed by atoms with Crippen molar-refractivity contribution >= 4 is 23.7 Å². The zero-order valence-electron chi connectivity index (χ0n) is 21.2. The van der Waals surface area contributed by atoms with Crippen LogP contribution in [0.25, 0.3) is 0 Å². The second-order valence-electron chi connectivity index (χ2n) is 8.77. The Bertz CT molecular complexity index is 1190. The first kappa shape index (κ1) is 25.8. The number of esters is 1. The maximum atomic E-state index is 13.3. The lowest BCUT2D eigenvalue weighted by atomic mass is 9.95. The van der Waals surface area contributed by atoms with Gasteiger partial charge in [0.1, 0.15) is 11.8 Å². The molecule has 190 valence electrons. The number of nitrogens with zero attached hydrogens (tertiary/aromatic N) is 3. The van der Waals surface area contributed by atoms with E-state index in [1.54, 1.807) is 16.4 Å². The van der Waals surface area contributed by atoms with Crippen LogP contribution in [0.4, 0.5) is 5.95 Å². The normalized spacial score (nSPS) is 14.8. The third kappa shape index (κ3) is 6.29. The zero-order valence-corrected chi connectivity index (χ0v) is 22.0. The molecule has 1 aliphatic rings. The van der Waals surface area contributed by atoms with Gasteiger partial charge in [-0.3, -0.25) is 0 Å². The summed E-state index contributed by atoms with van der Waals surface area (Å²) in [5, 5.41) is 8.74. The number of unbranched alkanes of at least 4 members (excludes halogenated alkanes) is 2. The molecule has 1 atom stereocenters. The van der Waals surface area contributed by atoms with Gasteiger partial charge in [-0.2, -0.15) is 4.98 Å². The van der Waals surface area contributed by atoms with Crippen LogP contribution < -0.4 is 10.1 Å². The number of ether oxygens (including phenoxy) is 2. The Morgan fingerprint density at radius 1 is 1.06 bits per heavy atom. The molecule has 0 aliphatic carbocycles. The van der Waals surface area contributed by atoms with Crippen LogP contribution in [-0.2, 0) is 15.3 Å². The lowest BCUT2D eigenvalue weighted by molar-refractivity contribution is -0.139. The molecule has 2 heterocycles. The van der Waals surface area contributed by atoms with Crippen LogP contribution in [0.15, 0.2) is 71.0 Å². The minimum absolute atomic E-state index is 0.338. The molecule has 0 bridgehead atoms. The smallest absolute Gasteiger partial charge is 0.338 e. The van der Waals surface area contributed by atoms with Crippen LogP contribution in [0.3, 0.4) is 0 Å². The van der Waals surface area contributed by atoms with Crippen molar-refractivity contribution < 1.29 is 14.3 Å². The predicted molar refractivity (Wildman–Crippen MR) is 143 cm³/mol. The maximum Gasteiger partial charge on any atom is 0.338 e. The van der Waals surface area contributed by atoms with Crippen LogP contribution >= 0.6 is 11.8 Å². The molecule has 0 fully saturated rings. The Hall–Kier alpha value is -3.26. The minimum Gasteiger partial charge on any atom is -0.494 e. The fourth-order valence-electron chi connectivity index (χ4n) is 3.98. The first-order valence-corrected chi connectivity index (χ1v) is 13.6. The topological polar surface area (TPSA) is 78.3 Å². The molecule has 1 aliphatic heterocycles. The number of rotatable bonds is 12. The third-order valence-electron chi connectivity index (χ3n) is 5.94. The van der Waals surface area contributed by atoms with Gasteiger partial charge < -0.3 is 14.8 Å².